The number of rotatable bonds is 4. The van der Waals surface area contributed by atoms with Crippen LogP contribution in [0.25, 0.3) is 11.1 Å². The van der Waals surface area contributed by atoms with Crippen molar-refractivity contribution in [1.29, 1.82) is 0 Å². The Morgan fingerprint density at radius 2 is 1.88 bits per heavy atom. The Morgan fingerprint density at radius 1 is 1.09 bits per heavy atom. The van der Waals surface area contributed by atoms with Crippen molar-refractivity contribution in [2.24, 2.45) is 11.3 Å². The number of amides is 1. The molecule has 3 nitrogen and oxygen atoms in total. The van der Waals surface area contributed by atoms with E-state index >= 15 is 0 Å². The third-order valence-corrected chi connectivity index (χ3v) is 8.57. The zero-order chi connectivity index (χ0) is 23.2. The van der Waals surface area contributed by atoms with E-state index in [0.717, 1.165) is 46.0 Å². The fourth-order valence-corrected chi connectivity index (χ4v) is 6.88. The van der Waals surface area contributed by atoms with E-state index in [0.29, 0.717) is 0 Å². The molecule has 33 heavy (non-hydrogen) atoms. The molecular formula is C28H28Cl2N2O. The number of halogens is 2. The minimum atomic E-state index is -0.331. The molecule has 1 aliphatic heterocycles. The predicted octanol–water partition coefficient (Wildman–Crippen LogP) is 7.25. The van der Waals surface area contributed by atoms with Gasteiger partial charge in [-0.05, 0) is 79.0 Å². The lowest BCUT2D eigenvalue weighted by Gasteiger charge is -2.47. The number of pyridine rings is 1. The molecular weight excluding hydrogens is 451 g/mol. The molecule has 2 aromatic carbocycles. The summed E-state index contributed by atoms with van der Waals surface area (Å²) in [5.41, 5.74) is 4.16. The van der Waals surface area contributed by atoms with Gasteiger partial charge in [-0.15, -0.1) is 0 Å². The predicted molar refractivity (Wildman–Crippen MR) is 135 cm³/mol. The molecule has 0 radical (unpaired) electrons. The van der Waals surface area contributed by atoms with Gasteiger partial charge in [0.25, 0.3) is 0 Å². The van der Waals surface area contributed by atoms with Crippen molar-refractivity contribution < 1.29 is 4.79 Å². The molecule has 1 aromatic heterocycles. The fraction of sp³-hybridized carbons (Fsp3) is 0.357. The first kappa shape index (κ1) is 22.4. The van der Waals surface area contributed by atoms with Crippen molar-refractivity contribution in [2.45, 2.75) is 51.0 Å². The molecule has 5 rings (SSSR count). The maximum atomic E-state index is 13.2. The van der Waals surface area contributed by atoms with Gasteiger partial charge in [-0.25, -0.2) is 0 Å². The van der Waals surface area contributed by atoms with E-state index in [4.69, 9.17) is 23.2 Å². The molecule has 1 amide bonds. The number of carbonyl (C=O) groups excluding carboxylic acids is 1. The van der Waals surface area contributed by atoms with Crippen molar-refractivity contribution in [3.05, 3.63) is 88.2 Å². The number of aromatic nitrogens is 1. The molecule has 2 fully saturated rings. The zero-order valence-corrected chi connectivity index (χ0v) is 20.4. The van der Waals surface area contributed by atoms with Gasteiger partial charge in [-0.1, -0.05) is 60.5 Å². The second-order valence-electron chi connectivity index (χ2n) is 9.50. The molecule has 1 saturated carbocycles. The molecule has 3 aromatic rings. The van der Waals surface area contributed by atoms with Gasteiger partial charge in [0.1, 0.15) is 0 Å². The maximum absolute atomic E-state index is 13.2. The highest BCUT2D eigenvalue weighted by molar-refractivity contribution is 6.31. The SMILES string of the molecule is CC[C@@]12CC[C@@H](c3ccc(-c4cccnc4)cc3Cl)[C@H](c3ccc(Cl)cc3)[C@@H]1[C@@H](C)NC2=O. The first-order valence-corrected chi connectivity index (χ1v) is 12.5. The van der Waals surface area contributed by atoms with Crippen LogP contribution < -0.4 is 5.32 Å². The standard InChI is InChI=1S/C28H28Cl2N2O/c1-3-28-13-12-23(22-11-8-19(15-24(22)30)20-5-4-14-31-16-20)25(18-6-9-21(29)10-7-18)26(28)17(2)32-27(28)33/h4-11,14-17,23,25-26H,3,12-13H2,1-2H3,(H,32,33)/t17-,23+,25+,26+,28-/m1/s1. The van der Waals surface area contributed by atoms with Crippen LogP contribution in [-0.2, 0) is 4.79 Å². The van der Waals surface area contributed by atoms with Gasteiger partial charge in [-0.3, -0.25) is 9.78 Å². The van der Waals surface area contributed by atoms with Crippen LogP contribution in [0.2, 0.25) is 10.0 Å². The van der Waals surface area contributed by atoms with Crippen molar-refractivity contribution in [1.82, 2.24) is 10.3 Å². The molecule has 1 saturated heterocycles. The molecule has 0 spiro atoms. The van der Waals surface area contributed by atoms with Gasteiger partial charge in [0.15, 0.2) is 0 Å². The zero-order valence-electron chi connectivity index (χ0n) is 18.9. The molecule has 2 heterocycles. The van der Waals surface area contributed by atoms with Crippen LogP contribution in [0.15, 0.2) is 67.0 Å². The fourth-order valence-electron chi connectivity index (χ4n) is 6.44. The van der Waals surface area contributed by atoms with Crippen molar-refractivity contribution in [3.63, 3.8) is 0 Å². The number of hydrogen-bond donors (Lipinski definition) is 1. The summed E-state index contributed by atoms with van der Waals surface area (Å²) in [5, 5.41) is 4.77. The Kier molecular flexibility index (Phi) is 5.96. The molecule has 1 N–H and O–H groups in total. The number of nitrogens with one attached hydrogen (secondary N) is 1. The van der Waals surface area contributed by atoms with Gasteiger partial charge < -0.3 is 5.32 Å². The van der Waals surface area contributed by atoms with Crippen molar-refractivity contribution in [3.8, 4) is 11.1 Å². The third-order valence-electron chi connectivity index (χ3n) is 7.99. The highest BCUT2D eigenvalue weighted by atomic mass is 35.5. The van der Waals surface area contributed by atoms with Crippen LogP contribution in [0.4, 0.5) is 0 Å². The Bertz CT molecular complexity index is 1160. The Morgan fingerprint density at radius 3 is 2.55 bits per heavy atom. The molecule has 1 aliphatic carbocycles. The van der Waals surface area contributed by atoms with Crippen LogP contribution in [0.1, 0.15) is 56.1 Å². The molecule has 5 heteroatoms. The van der Waals surface area contributed by atoms with E-state index in [9.17, 15) is 4.79 Å². The number of nitrogens with zero attached hydrogens (tertiary/aromatic N) is 1. The Labute approximate surface area is 205 Å². The summed E-state index contributed by atoms with van der Waals surface area (Å²) in [6.07, 6.45) is 6.27. The van der Waals surface area contributed by atoms with Crippen molar-refractivity contribution >= 4 is 29.1 Å². The Balaban J connectivity index is 1.60. The first-order valence-electron chi connectivity index (χ1n) is 11.7. The van der Waals surface area contributed by atoms with Gasteiger partial charge in [0.05, 0.1) is 5.41 Å². The first-order chi connectivity index (χ1) is 15.9. The van der Waals surface area contributed by atoms with Gasteiger partial charge >= 0.3 is 0 Å². The summed E-state index contributed by atoms with van der Waals surface area (Å²) in [6.45, 7) is 4.30. The van der Waals surface area contributed by atoms with Crippen LogP contribution in [0.3, 0.4) is 0 Å². The highest BCUT2D eigenvalue weighted by Gasteiger charge is 2.59. The van der Waals surface area contributed by atoms with E-state index in [1.54, 1.807) is 6.20 Å². The number of benzene rings is 2. The number of fused-ring (bicyclic) bond motifs is 1. The molecule has 5 atom stereocenters. The van der Waals surface area contributed by atoms with Gasteiger partial charge in [-0.2, -0.15) is 0 Å². The minimum Gasteiger partial charge on any atom is -0.353 e. The van der Waals surface area contributed by atoms with Gasteiger partial charge in [0, 0.05) is 40.0 Å². The number of hydrogen-bond acceptors (Lipinski definition) is 2. The normalized spacial score (nSPS) is 28.9. The molecule has 0 bridgehead atoms. The second kappa shape index (κ2) is 8.77. The number of carbonyl (C=O) groups is 1. The molecule has 2 aliphatic rings. The summed E-state index contributed by atoms with van der Waals surface area (Å²) in [5.74, 6) is 0.801. The van der Waals surface area contributed by atoms with Gasteiger partial charge in [0.2, 0.25) is 5.91 Å². The molecule has 0 unspecified atom stereocenters. The monoisotopic (exact) mass is 478 g/mol. The van der Waals surface area contributed by atoms with Crippen LogP contribution in [0, 0.1) is 11.3 Å². The summed E-state index contributed by atoms with van der Waals surface area (Å²) in [7, 11) is 0. The lowest BCUT2D eigenvalue weighted by Crippen LogP contribution is -2.43. The van der Waals surface area contributed by atoms with E-state index in [2.05, 4.69) is 54.5 Å². The minimum absolute atomic E-state index is 0.106. The largest absolute Gasteiger partial charge is 0.353 e. The van der Waals surface area contributed by atoms with E-state index in [1.807, 2.05) is 30.5 Å². The summed E-state index contributed by atoms with van der Waals surface area (Å²) in [6, 6.07) is 18.6. The van der Waals surface area contributed by atoms with Crippen LogP contribution in [0.5, 0.6) is 0 Å². The highest BCUT2D eigenvalue weighted by Crippen LogP contribution is 2.60. The quantitative estimate of drug-likeness (QED) is 0.428. The van der Waals surface area contributed by atoms with E-state index < -0.39 is 0 Å². The van der Waals surface area contributed by atoms with Crippen LogP contribution >= 0.6 is 23.2 Å². The van der Waals surface area contributed by atoms with Crippen molar-refractivity contribution in [2.75, 3.05) is 0 Å². The smallest absolute Gasteiger partial charge is 0.226 e. The summed E-state index contributed by atoms with van der Waals surface area (Å²) >= 11 is 13.2. The van der Waals surface area contributed by atoms with E-state index in [1.165, 1.54) is 5.56 Å². The molecule has 170 valence electrons. The topological polar surface area (TPSA) is 42.0 Å². The average molecular weight is 479 g/mol. The van der Waals surface area contributed by atoms with Crippen LogP contribution in [-0.4, -0.2) is 16.9 Å². The Hall–Kier alpha value is -2.36. The average Bonchev–Trinajstić information content (AvgIpc) is 3.09. The maximum Gasteiger partial charge on any atom is 0.226 e. The lowest BCUT2D eigenvalue weighted by molar-refractivity contribution is -0.131. The lowest BCUT2D eigenvalue weighted by atomic mass is 9.54. The third kappa shape index (κ3) is 3.76. The summed E-state index contributed by atoms with van der Waals surface area (Å²) < 4.78 is 0. The summed E-state index contributed by atoms with van der Waals surface area (Å²) in [4.78, 5) is 17.4. The second-order valence-corrected chi connectivity index (χ2v) is 10.3. The van der Waals surface area contributed by atoms with E-state index in [-0.39, 0.29) is 35.1 Å².